The fourth-order valence-electron chi connectivity index (χ4n) is 1.66. The lowest BCUT2D eigenvalue weighted by atomic mass is 10.1. The van der Waals surface area contributed by atoms with Crippen LogP contribution in [0.15, 0.2) is 10.9 Å². The minimum Gasteiger partial charge on any atom is -0.312 e. The van der Waals surface area contributed by atoms with Gasteiger partial charge in [-0.3, -0.25) is 4.79 Å². The van der Waals surface area contributed by atoms with Crippen LogP contribution in [-0.4, -0.2) is 4.57 Å². The standard InChI is InChI=1S/C12H16N2O/c1-4-5-6-14-10(3)7-9(2)11(8-13)12(14)15/h7H,4-6H2,1-3H3. The molecule has 3 heteroatoms. The third-order valence-corrected chi connectivity index (χ3v) is 2.55. The Bertz CT molecular complexity index is 452. The number of aryl methyl sites for hydroxylation is 2. The van der Waals surface area contributed by atoms with Gasteiger partial charge in [0.2, 0.25) is 0 Å². The van der Waals surface area contributed by atoms with Crippen molar-refractivity contribution in [2.45, 2.75) is 40.2 Å². The van der Waals surface area contributed by atoms with Gasteiger partial charge in [0.15, 0.2) is 0 Å². The highest BCUT2D eigenvalue weighted by atomic mass is 16.1. The van der Waals surface area contributed by atoms with Crippen molar-refractivity contribution in [1.29, 1.82) is 5.26 Å². The molecular formula is C12H16N2O. The van der Waals surface area contributed by atoms with Crippen molar-refractivity contribution >= 4 is 0 Å². The normalized spacial score (nSPS) is 10.0. The van der Waals surface area contributed by atoms with E-state index in [4.69, 9.17) is 5.26 Å². The molecule has 0 bridgehead atoms. The van der Waals surface area contributed by atoms with Crippen LogP contribution in [0.4, 0.5) is 0 Å². The fraction of sp³-hybridized carbons (Fsp3) is 0.500. The van der Waals surface area contributed by atoms with E-state index in [1.807, 2.05) is 19.1 Å². The van der Waals surface area contributed by atoms with E-state index in [1.54, 1.807) is 11.5 Å². The molecule has 1 aromatic rings. The van der Waals surface area contributed by atoms with Crippen molar-refractivity contribution < 1.29 is 0 Å². The maximum Gasteiger partial charge on any atom is 0.268 e. The average molecular weight is 204 g/mol. The Morgan fingerprint density at radius 3 is 2.67 bits per heavy atom. The fourth-order valence-corrected chi connectivity index (χ4v) is 1.66. The first-order valence-electron chi connectivity index (χ1n) is 5.23. The van der Waals surface area contributed by atoms with Crippen molar-refractivity contribution in [2.24, 2.45) is 0 Å². The lowest BCUT2D eigenvalue weighted by molar-refractivity contribution is 0.597. The van der Waals surface area contributed by atoms with Crippen LogP contribution < -0.4 is 5.56 Å². The van der Waals surface area contributed by atoms with Crippen molar-refractivity contribution in [2.75, 3.05) is 0 Å². The second-order valence-corrected chi connectivity index (χ2v) is 3.77. The Hall–Kier alpha value is -1.56. The number of rotatable bonds is 3. The molecule has 0 radical (unpaired) electrons. The number of unbranched alkanes of at least 4 members (excludes halogenated alkanes) is 1. The van der Waals surface area contributed by atoms with Gasteiger partial charge in [0.05, 0.1) is 0 Å². The predicted molar refractivity (Wildman–Crippen MR) is 59.8 cm³/mol. The van der Waals surface area contributed by atoms with Crippen LogP contribution in [0.25, 0.3) is 0 Å². The Labute approximate surface area is 90.0 Å². The van der Waals surface area contributed by atoms with Crippen LogP contribution in [-0.2, 0) is 6.54 Å². The molecule has 80 valence electrons. The molecule has 0 aromatic carbocycles. The number of aromatic nitrogens is 1. The van der Waals surface area contributed by atoms with Gasteiger partial charge in [0.1, 0.15) is 11.6 Å². The number of pyridine rings is 1. The summed E-state index contributed by atoms with van der Waals surface area (Å²) in [7, 11) is 0. The zero-order valence-corrected chi connectivity index (χ0v) is 9.50. The minimum atomic E-state index is -0.150. The molecule has 0 aliphatic heterocycles. The number of hydrogen-bond acceptors (Lipinski definition) is 2. The molecule has 1 heterocycles. The van der Waals surface area contributed by atoms with Crippen molar-refractivity contribution in [3.63, 3.8) is 0 Å². The number of hydrogen-bond donors (Lipinski definition) is 0. The van der Waals surface area contributed by atoms with E-state index in [9.17, 15) is 4.79 Å². The Kier molecular flexibility index (Phi) is 3.68. The molecule has 0 fully saturated rings. The van der Waals surface area contributed by atoms with Crippen LogP contribution in [0.1, 0.15) is 36.6 Å². The lowest BCUT2D eigenvalue weighted by Gasteiger charge is -2.10. The average Bonchev–Trinajstić information content (AvgIpc) is 2.17. The van der Waals surface area contributed by atoms with Gasteiger partial charge in [-0.2, -0.15) is 5.26 Å². The van der Waals surface area contributed by atoms with E-state index in [2.05, 4.69) is 6.92 Å². The summed E-state index contributed by atoms with van der Waals surface area (Å²) in [6.07, 6.45) is 2.01. The molecule has 0 atom stereocenters. The summed E-state index contributed by atoms with van der Waals surface area (Å²) in [6.45, 7) is 6.50. The van der Waals surface area contributed by atoms with Crippen LogP contribution in [0.3, 0.4) is 0 Å². The first-order chi connectivity index (χ1) is 7.11. The van der Waals surface area contributed by atoms with Crippen LogP contribution in [0.2, 0.25) is 0 Å². The zero-order valence-electron chi connectivity index (χ0n) is 9.50. The van der Waals surface area contributed by atoms with E-state index >= 15 is 0 Å². The summed E-state index contributed by atoms with van der Waals surface area (Å²) in [5, 5.41) is 8.88. The summed E-state index contributed by atoms with van der Waals surface area (Å²) in [6, 6.07) is 3.87. The van der Waals surface area contributed by atoms with Gasteiger partial charge in [-0.15, -0.1) is 0 Å². The van der Waals surface area contributed by atoms with Gasteiger partial charge >= 0.3 is 0 Å². The van der Waals surface area contributed by atoms with Gasteiger partial charge < -0.3 is 4.57 Å². The molecule has 0 amide bonds. The molecule has 0 N–H and O–H groups in total. The van der Waals surface area contributed by atoms with E-state index < -0.39 is 0 Å². The molecule has 1 aromatic heterocycles. The summed E-state index contributed by atoms with van der Waals surface area (Å²) in [5.41, 5.74) is 1.83. The monoisotopic (exact) mass is 204 g/mol. The SMILES string of the molecule is CCCCn1c(C)cc(C)c(C#N)c1=O. The largest absolute Gasteiger partial charge is 0.312 e. The zero-order chi connectivity index (χ0) is 11.4. The molecule has 0 aliphatic carbocycles. The molecule has 0 aliphatic rings. The molecule has 3 nitrogen and oxygen atoms in total. The maximum absolute atomic E-state index is 11.9. The molecule has 0 saturated heterocycles. The molecule has 1 rings (SSSR count). The summed E-state index contributed by atoms with van der Waals surface area (Å²) < 4.78 is 1.69. The topological polar surface area (TPSA) is 45.8 Å². The molecule has 0 unspecified atom stereocenters. The number of nitrogens with zero attached hydrogens (tertiary/aromatic N) is 2. The molecule has 15 heavy (non-hydrogen) atoms. The van der Waals surface area contributed by atoms with Crippen molar-refractivity contribution in [1.82, 2.24) is 4.57 Å². The van der Waals surface area contributed by atoms with Gasteiger partial charge in [0, 0.05) is 12.2 Å². The number of nitriles is 1. The van der Waals surface area contributed by atoms with Crippen LogP contribution in [0.5, 0.6) is 0 Å². The third kappa shape index (κ3) is 2.27. The quantitative estimate of drug-likeness (QED) is 0.757. The second-order valence-electron chi connectivity index (χ2n) is 3.77. The Morgan fingerprint density at radius 2 is 2.13 bits per heavy atom. The lowest BCUT2D eigenvalue weighted by Crippen LogP contribution is -2.25. The summed E-state index contributed by atoms with van der Waals surface area (Å²) >= 11 is 0. The molecule has 0 saturated carbocycles. The minimum absolute atomic E-state index is 0.150. The van der Waals surface area contributed by atoms with Gasteiger partial charge in [0.25, 0.3) is 5.56 Å². The first-order valence-corrected chi connectivity index (χ1v) is 5.23. The molecular weight excluding hydrogens is 188 g/mol. The Balaban J connectivity index is 3.28. The second kappa shape index (κ2) is 4.79. The highest BCUT2D eigenvalue weighted by Crippen LogP contribution is 2.06. The smallest absolute Gasteiger partial charge is 0.268 e. The Morgan fingerprint density at radius 1 is 1.47 bits per heavy atom. The van der Waals surface area contributed by atoms with Gasteiger partial charge in [-0.1, -0.05) is 13.3 Å². The third-order valence-electron chi connectivity index (χ3n) is 2.55. The highest BCUT2D eigenvalue weighted by molar-refractivity contribution is 5.36. The maximum atomic E-state index is 11.9. The summed E-state index contributed by atoms with van der Waals surface area (Å²) in [5.74, 6) is 0. The van der Waals surface area contributed by atoms with E-state index in [-0.39, 0.29) is 11.1 Å². The van der Waals surface area contributed by atoms with E-state index in [0.29, 0.717) is 6.54 Å². The summed E-state index contributed by atoms with van der Waals surface area (Å²) in [4.78, 5) is 11.9. The van der Waals surface area contributed by atoms with Gasteiger partial charge in [-0.25, -0.2) is 0 Å². The highest BCUT2D eigenvalue weighted by Gasteiger charge is 2.08. The van der Waals surface area contributed by atoms with Crippen LogP contribution >= 0.6 is 0 Å². The van der Waals surface area contributed by atoms with Crippen molar-refractivity contribution in [3.8, 4) is 6.07 Å². The van der Waals surface area contributed by atoms with Crippen LogP contribution in [0, 0.1) is 25.2 Å². The van der Waals surface area contributed by atoms with E-state index in [1.165, 1.54) is 0 Å². The van der Waals surface area contributed by atoms with E-state index in [0.717, 1.165) is 24.1 Å². The molecule has 0 spiro atoms. The first kappa shape index (κ1) is 11.5. The van der Waals surface area contributed by atoms with Gasteiger partial charge in [-0.05, 0) is 31.9 Å². The van der Waals surface area contributed by atoms with Crippen molar-refractivity contribution in [3.05, 3.63) is 33.2 Å². The predicted octanol–water partition coefficient (Wildman–Crippen LogP) is 2.14.